The van der Waals surface area contributed by atoms with Crippen molar-refractivity contribution in [3.05, 3.63) is 77.9 Å². The molecular weight excluding hydrogens is 336 g/mol. The summed E-state index contributed by atoms with van der Waals surface area (Å²) in [4.78, 5) is 23.6. The van der Waals surface area contributed by atoms with Crippen molar-refractivity contribution in [3.63, 3.8) is 0 Å². The Morgan fingerprint density at radius 2 is 1.54 bits per heavy atom. The van der Waals surface area contributed by atoms with Crippen molar-refractivity contribution in [1.29, 1.82) is 0 Å². The number of carbonyl (C=O) groups excluding carboxylic acids is 2. The van der Waals surface area contributed by atoms with Crippen molar-refractivity contribution in [1.82, 2.24) is 0 Å². The summed E-state index contributed by atoms with van der Waals surface area (Å²) in [5.74, 6) is -2.85. The van der Waals surface area contributed by atoms with E-state index in [1.54, 1.807) is 48.5 Å². The maximum atomic E-state index is 12.3. The highest BCUT2D eigenvalue weighted by atomic mass is 16.6. The number of hydrogen-bond acceptors (Lipinski definition) is 6. The smallest absolute Gasteiger partial charge is 0.333 e. The van der Waals surface area contributed by atoms with Crippen molar-refractivity contribution in [2.45, 2.75) is 12.7 Å². The summed E-state index contributed by atoms with van der Waals surface area (Å²) in [5.41, 5.74) is 1.21. The molecule has 0 radical (unpaired) electrons. The molecule has 136 valence electrons. The van der Waals surface area contributed by atoms with Gasteiger partial charge in [-0.3, -0.25) is 4.79 Å². The Morgan fingerprint density at radius 1 is 0.962 bits per heavy atom. The van der Waals surface area contributed by atoms with Crippen LogP contribution in [0, 0.1) is 0 Å². The molecule has 0 atom stereocenters. The standard InChI is InChI=1S/C20H20O6/c1-14(2)19(22)26-13-20(23,24)12-25-17-10-8-16(9-11-17)18(21)15-6-4-3-5-7-15/h3-11,23-24H,1,12-13H2,2H3. The fourth-order valence-electron chi connectivity index (χ4n) is 2.00. The molecule has 2 aromatic rings. The number of benzene rings is 2. The van der Waals surface area contributed by atoms with Crippen LogP contribution in [-0.4, -0.2) is 41.0 Å². The Bertz CT molecular complexity index is 778. The summed E-state index contributed by atoms with van der Waals surface area (Å²) in [6, 6.07) is 15.1. The molecule has 2 aromatic carbocycles. The Labute approximate surface area is 151 Å². The van der Waals surface area contributed by atoms with Crippen LogP contribution in [0.1, 0.15) is 22.8 Å². The van der Waals surface area contributed by atoms with Gasteiger partial charge < -0.3 is 19.7 Å². The minimum atomic E-state index is -2.34. The monoisotopic (exact) mass is 356 g/mol. The Hall–Kier alpha value is -2.96. The lowest BCUT2D eigenvalue weighted by atomic mass is 10.0. The first-order chi connectivity index (χ1) is 12.3. The molecule has 0 amide bonds. The average Bonchev–Trinajstić information content (AvgIpc) is 2.65. The van der Waals surface area contributed by atoms with Crippen LogP contribution in [0.25, 0.3) is 0 Å². The van der Waals surface area contributed by atoms with E-state index in [0.29, 0.717) is 16.9 Å². The van der Waals surface area contributed by atoms with Crippen molar-refractivity contribution in [3.8, 4) is 5.75 Å². The van der Waals surface area contributed by atoms with Gasteiger partial charge in [0.1, 0.15) is 19.0 Å². The quantitative estimate of drug-likeness (QED) is 0.326. The second kappa shape index (κ2) is 8.42. The summed E-state index contributed by atoms with van der Waals surface area (Å²) < 4.78 is 9.97. The molecule has 0 saturated carbocycles. The predicted molar refractivity (Wildman–Crippen MR) is 94.8 cm³/mol. The Morgan fingerprint density at radius 3 is 2.12 bits per heavy atom. The van der Waals surface area contributed by atoms with Crippen LogP contribution in [-0.2, 0) is 9.53 Å². The molecule has 0 aliphatic rings. The lowest BCUT2D eigenvalue weighted by molar-refractivity contribution is -0.213. The molecule has 0 bridgehead atoms. The molecule has 6 nitrogen and oxygen atoms in total. The first kappa shape index (κ1) is 19.4. The molecule has 0 heterocycles. The number of carbonyl (C=O) groups is 2. The van der Waals surface area contributed by atoms with E-state index >= 15 is 0 Å². The molecule has 0 spiro atoms. The van der Waals surface area contributed by atoms with Crippen LogP contribution in [0.4, 0.5) is 0 Å². The number of ether oxygens (including phenoxy) is 2. The first-order valence-corrected chi connectivity index (χ1v) is 7.88. The van der Waals surface area contributed by atoms with Gasteiger partial charge in [0.05, 0.1) is 0 Å². The average molecular weight is 356 g/mol. The summed E-state index contributed by atoms with van der Waals surface area (Å²) in [6.07, 6.45) is 0. The molecule has 0 fully saturated rings. The minimum absolute atomic E-state index is 0.123. The molecule has 0 aliphatic carbocycles. The van der Waals surface area contributed by atoms with Gasteiger partial charge in [-0.15, -0.1) is 0 Å². The lowest BCUT2D eigenvalue weighted by Crippen LogP contribution is -2.41. The van der Waals surface area contributed by atoms with Crippen molar-refractivity contribution < 1.29 is 29.3 Å². The zero-order chi connectivity index (χ0) is 19.2. The minimum Gasteiger partial charge on any atom is -0.488 e. The third-order valence-corrected chi connectivity index (χ3v) is 3.41. The summed E-state index contributed by atoms with van der Waals surface area (Å²) in [7, 11) is 0. The van der Waals surface area contributed by atoms with Crippen LogP contribution in [0.5, 0.6) is 5.75 Å². The number of hydrogen-bond donors (Lipinski definition) is 2. The SMILES string of the molecule is C=C(C)C(=O)OCC(O)(O)COc1ccc(C(=O)c2ccccc2)cc1. The molecular formula is C20H20O6. The molecule has 0 aliphatic heterocycles. The zero-order valence-corrected chi connectivity index (χ0v) is 14.3. The zero-order valence-electron chi connectivity index (χ0n) is 14.3. The van der Waals surface area contributed by atoms with Gasteiger partial charge in [0.25, 0.3) is 0 Å². The fraction of sp³-hybridized carbons (Fsp3) is 0.200. The third-order valence-electron chi connectivity index (χ3n) is 3.41. The van der Waals surface area contributed by atoms with Gasteiger partial charge in [0, 0.05) is 16.7 Å². The van der Waals surface area contributed by atoms with Gasteiger partial charge in [-0.2, -0.15) is 0 Å². The predicted octanol–water partition coefficient (Wildman–Crippen LogP) is 2.10. The third kappa shape index (κ3) is 5.54. The van der Waals surface area contributed by atoms with Gasteiger partial charge in [0.2, 0.25) is 5.79 Å². The highest BCUT2D eigenvalue weighted by molar-refractivity contribution is 6.08. The highest BCUT2D eigenvalue weighted by Crippen LogP contribution is 2.17. The maximum Gasteiger partial charge on any atom is 0.333 e. The van der Waals surface area contributed by atoms with Gasteiger partial charge >= 0.3 is 5.97 Å². The topological polar surface area (TPSA) is 93.1 Å². The second-order valence-electron chi connectivity index (χ2n) is 5.85. The molecule has 6 heteroatoms. The number of esters is 1. The molecule has 2 N–H and O–H groups in total. The number of ketones is 1. The summed E-state index contributed by atoms with van der Waals surface area (Å²) in [6.45, 7) is 3.69. The normalized spacial score (nSPS) is 10.9. The molecule has 0 aromatic heterocycles. The number of rotatable bonds is 8. The second-order valence-corrected chi connectivity index (χ2v) is 5.85. The van der Waals surface area contributed by atoms with E-state index in [1.165, 1.54) is 6.92 Å². The van der Waals surface area contributed by atoms with Crippen LogP contribution in [0.15, 0.2) is 66.7 Å². The highest BCUT2D eigenvalue weighted by Gasteiger charge is 2.27. The first-order valence-electron chi connectivity index (χ1n) is 7.88. The summed E-state index contributed by atoms with van der Waals surface area (Å²) >= 11 is 0. The van der Waals surface area contributed by atoms with Crippen LogP contribution >= 0.6 is 0 Å². The van der Waals surface area contributed by atoms with Gasteiger partial charge in [-0.25, -0.2) is 4.79 Å². The van der Waals surface area contributed by atoms with Gasteiger partial charge in [0.15, 0.2) is 5.78 Å². The van der Waals surface area contributed by atoms with E-state index < -0.39 is 25.0 Å². The van der Waals surface area contributed by atoms with Crippen molar-refractivity contribution in [2.75, 3.05) is 13.2 Å². The largest absolute Gasteiger partial charge is 0.488 e. The van der Waals surface area contributed by atoms with E-state index in [1.807, 2.05) is 6.07 Å². The van der Waals surface area contributed by atoms with E-state index in [4.69, 9.17) is 9.47 Å². The Balaban J connectivity index is 1.91. The van der Waals surface area contributed by atoms with E-state index in [0.717, 1.165) is 0 Å². The van der Waals surface area contributed by atoms with E-state index in [2.05, 4.69) is 6.58 Å². The van der Waals surface area contributed by atoms with Crippen LogP contribution in [0.2, 0.25) is 0 Å². The van der Waals surface area contributed by atoms with Crippen LogP contribution < -0.4 is 4.74 Å². The van der Waals surface area contributed by atoms with Crippen molar-refractivity contribution >= 4 is 11.8 Å². The van der Waals surface area contributed by atoms with Gasteiger partial charge in [-0.1, -0.05) is 36.9 Å². The van der Waals surface area contributed by atoms with Crippen LogP contribution in [0.3, 0.4) is 0 Å². The molecule has 26 heavy (non-hydrogen) atoms. The van der Waals surface area contributed by atoms with Crippen molar-refractivity contribution in [2.24, 2.45) is 0 Å². The maximum absolute atomic E-state index is 12.3. The summed E-state index contributed by atoms with van der Waals surface area (Å²) in [5, 5.41) is 19.5. The molecule has 0 unspecified atom stereocenters. The lowest BCUT2D eigenvalue weighted by Gasteiger charge is -2.21. The Kier molecular flexibility index (Phi) is 6.27. The van der Waals surface area contributed by atoms with E-state index in [9.17, 15) is 19.8 Å². The molecule has 2 rings (SSSR count). The molecule has 0 saturated heterocycles. The number of aliphatic hydroxyl groups is 2. The van der Waals surface area contributed by atoms with Gasteiger partial charge in [-0.05, 0) is 31.2 Å². The fourth-order valence-corrected chi connectivity index (χ4v) is 2.00. The van der Waals surface area contributed by atoms with E-state index in [-0.39, 0.29) is 11.4 Å².